The number of carbonyl (C=O) groups is 1. The number of hydrogen-bond donors (Lipinski definition) is 2. The molecular weight excluding hydrogens is 272 g/mol. The number of rotatable bonds is 5. The van der Waals surface area contributed by atoms with E-state index in [4.69, 9.17) is 11.5 Å². The number of nitro benzene ring substituents is 1. The average Bonchev–Trinajstić information content (AvgIpc) is 2.37. The Bertz CT molecular complexity index is 617. The first-order chi connectivity index (χ1) is 9.86. The number of nitro groups is 1. The van der Waals surface area contributed by atoms with E-state index >= 15 is 0 Å². The van der Waals surface area contributed by atoms with Gasteiger partial charge in [0.25, 0.3) is 11.6 Å². The predicted octanol–water partition coefficient (Wildman–Crippen LogP) is 2.13. The van der Waals surface area contributed by atoms with Crippen LogP contribution in [0.2, 0.25) is 0 Å². The Labute approximate surface area is 122 Å². The van der Waals surface area contributed by atoms with Crippen molar-refractivity contribution in [3.05, 3.63) is 45.0 Å². The third-order valence-corrected chi connectivity index (χ3v) is 2.78. The molecule has 4 N–H and O–H groups in total. The molecule has 1 rings (SSSR count). The molecule has 0 atom stereocenters. The zero-order valence-electron chi connectivity index (χ0n) is 12.0. The topological polar surface area (TPSA) is 125 Å². The summed E-state index contributed by atoms with van der Waals surface area (Å²) in [4.78, 5) is 25.8. The van der Waals surface area contributed by atoms with Crippen molar-refractivity contribution in [2.45, 2.75) is 26.7 Å². The molecule has 0 aromatic heterocycles. The van der Waals surface area contributed by atoms with Crippen LogP contribution in [0.25, 0.3) is 6.08 Å². The van der Waals surface area contributed by atoms with Crippen molar-refractivity contribution in [2.75, 3.05) is 0 Å². The Morgan fingerprint density at radius 1 is 1.43 bits per heavy atom. The molecule has 0 saturated heterocycles. The van der Waals surface area contributed by atoms with Crippen molar-refractivity contribution in [2.24, 2.45) is 16.5 Å². The molecule has 0 saturated carbocycles. The van der Waals surface area contributed by atoms with Crippen molar-refractivity contribution in [1.29, 1.82) is 0 Å². The molecule has 0 heterocycles. The molecule has 7 nitrogen and oxygen atoms in total. The minimum atomic E-state index is -0.695. The molecule has 0 bridgehead atoms. The van der Waals surface area contributed by atoms with Crippen LogP contribution >= 0.6 is 0 Å². The molecule has 21 heavy (non-hydrogen) atoms. The fourth-order valence-electron chi connectivity index (χ4n) is 1.80. The molecule has 7 heteroatoms. The molecule has 0 aliphatic heterocycles. The Hall–Kier alpha value is -2.70. The van der Waals surface area contributed by atoms with Crippen LogP contribution < -0.4 is 11.5 Å². The molecule has 112 valence electrons. The lowest BCUT2D eigenvalue weighted by Crippen LogP contribution is -2.24. The van der Waals surface area contributed by atoms with Crippen molar-refractivity contribution < 1.29 is 9.72 Å². The SMILES string of the molecule is CCCC=Cc1cc(C)c(C(=O)N=C(N)N)cc1[N+](=O)[O-]. The number of carbonyl (C=O) groups excluding carboxylic acids is 1. The van der Waals surface area contributed by atoms with Crippen LogP contribution in [-0.2, 0) is 0 Å². The highest BCUT2D eigenvalue weighted by atomic mass is 16.6. The number of unbranched alkanes of at least 4 members (excludes halogenated alkanes) is 1. The monoisotopic (exact) mass is 290 g/mol. The van der Waals surface area contributed by atoms with Gasteiger partial charge < -0.3 is 11.5 Å². The number of hydrogen-bond acceptors (Lipinski definition) is 3. The van der Waals surface area contributed by atoms with Gasteiger partial charge in [0.2, 0.25) is 0 Å². The molecule has 0 unspecified atom stereocenters. The first-order valence-corrected chi connectivity index (χ1v) is 6.46. The van der Waals surface area contributed by atoms with Gasteiger partial charge in [-0.3, -0.25) is 14.9 Å². The van der Waals surface area contributed by atoms with Crippen molar-refractivity contribution in [1.82, 2.24) is 0 Å². The molecule has 1 amide bonds. The smallest absolute Gasteiger partial charge is 0.280 e. The summed E-state index contributed by atoms with van der Waals surface area (Å²) in [5, 5.41) is 11.1. The fraction of sp³-hybridized carbons (Fsp3) is 0.286. The summed E-state index contributed by atoms with van der Waals surface area (Å²) in [6.07, 6.45) is 5.32. The van der Waals surface area contributed by atoms with Crippen molar-refractivity contribution in [3.63, 3.8) is 0 Å². The summed E-state index contributed by atoms with van der Waals surface area (Å²) >= 11 is 0. The first-order valence-electron chi connectivity index (χ1n) is 6.46. The summed E-state index contributed by atoms with van der Waals surface area (Å²) in [6.45, 7) is 3.69. The number of nitrogens with zero attached hydrogens (tertiary/aromatic N) is 2. The van der Waals surface area contributed by atoms with Crippen LogP contribution in [0.3, 0.4) is 0 Å². The maximum atomic E-state index is 11.8. The Morgan fingerprint density at radius 3 is 2.62 bits per heavy atom. The van der Waals surface area contributed by atoms with E-state index < -0.39 is 10.8 Å². The Morgan fingerprint density at radius 2 is 2.10 bits per heavy atom. The molecule has 0 aliphatic carbocycles. The number of amides is 1. The summed E-state index contributed by atoms with van der Waals surface area (Å²) in [7, 11) is 0. The third kappa shape index (κ3) is 4.41. The van der Waals surface area contributed by atoms with Crippen LogP contribution in [0.5, 0.6) is 0 Å². The minimum absolute atomic E-state index is 0.114. The second-order valence-corrected chi connectivity index (χ2v) is 4.52. The van der Waals surface area contributed by atoms with Gasteiger partial charge in [0.05, 0.1) is 16.1 Å². The lowest BCUT2D eigenvalue weighted by molar-refractivity contribution is -0.385. The number of aryl methyl sites for hydroxylation is 1. The van der Waals surface area contributed by atoms with Crippen LogP contribution in [-0.4, -0.2) is 16.8 Å². The number of allylic oxidation sites excluding steroid dienone is 1. The molecule has 0 radical (unpaired) electrons. The standard InChI is InChI=1S/C14H18N4O3/c1-3-4-5-6-10-7-9(2)11(8-12(10)18(20)21)13(19)17-14(15)16/h5-8H,3-4H2,1-2H3,(H4,15,16,17,19). The summed E-state index contributed by atoms with van der Waals surface area (Å²) in [6, 6.07) is 2.79. The second-order valence-electron chi connectivity index (χ2n) is 4.52. The Balaban J connectivity index is 3.33. The van der Waals surface area contributed by atoms with Crippen LogP contribution in [0.1, 0.15) is 41.3 Å². The van der Waals surface area contributed by atoms with Gasteiger partial charge in [-0.05, 0) is 25.0 Å². The Kier molecular flexibility index (Phi) is 5.59. The van der Waals surface area contributed by atoms with E-state index in [0.717, 1.165) is 12.8 Å². The van der Waals surface area contributed by atoms with E-state index in [1.165, 1.54) is 6.07 Å². The first kappa shape index (κ1) is 16.4. The third-order valence-electron chi connectivity index (χ3n) is 2.78. The van der Waals surface area contributed by atoms with Gasteiger partial charge in [0.15, 0.2) is 5.96 Å². The highest BCUT2D eigenvalue weighted by molar-refractivity contribution is 6.03. The second kappa shape index (κ2) is 7.18. The van der Waals surface area contributed by atoms with E-state index in [1.54, 1.807) is 19.1 Å². The lowest BCUT2D eigenvalue weighted by atomic mass is 10.0. The largest absolute Gasteiger partial charge is 0.370 e. The van der Waals surface area contributed by atoms with Crippen LogP contribution in [0.15, 0.2) is 23.2 Å². The summed E-state index contributed by atoms with van der Waals surface area (Å²) in [5.74, 6) is -1.08. The van der Waals surface area contributed by atoms with Gasteiger partial charge in [-0.2, -0.15) is 4.99 Å². The molecule has 0 fully saturated rings. The quantitative estimate of drug-likeness (QED) is 0.372. The van der Waals surface area contributed by atoms with E-state index in [1.807, 2.05) is 13.0 Å². The van der Waals surface area contributed by atoms with E-state index in [2.05, 4.69) is 4.99 Å². The lowest BCUT2D eigenvalue weighted by Gasteiger charge is -2.05. The molecule has 1 aromatic rings. The van der Waals surface area contributed by atoms with Crippen molar-refractivity contribution in [3.8, 4) is 0 Å². The highest BCUT2D eigenvalue weighted by Gasteiger charge is 2.18. The van der Waals surface area contributed by atoms with Gasteiger partial charge in [-0.25, -0.2) is 0 Å². The molecule has 0 aliphatic rings. The molecular formula is C14H18N4O3. The predicted molar refractivity (Wildman–Crippen MR) is 81.9 cm³/mol. The van der Waals surface area contributed by atoms with E-state index in [9.17, 15) is 14.9 Å². The number of benzene rings is 1. The maximum absolute atomic E-state index is 11.8. The normalized spacial score (nSPS) is 10.6. The van der Waals surface area contributed by atoms with Gasteiger partial charge in [0, 0.05) is 6.07 Å². The highest BCUT2D eigenvalue weighted by Crippen LogP contribution is 2.25. The zero-order valence-corrected chi connectivity index (χ0v) is 12.0. The molecule has 1 aromatic carbocycles. The summed E-state index contributed by atoms with van der Waals surface area (Å²) < 4.78 is 0. The van der Waals surface area contributed by atoms with Crippen LogP contribution in [0.4, 0.5) is 5.69 Å². The maximum Gasteiger partial charge on any atom is 0.280 e. The van der Waals surface area contributed by atoms with Gasteiger partial charge in [-0.1, -0.05) is 25.5 Å². The minimum Gasteiger partial charge on any atom is -0.370 e. The van der Waals surface area contributed by atoms with Crippen LogP contribution in [0, 0.1) is 17.0 Å². The van der Waals surface area contributed by atoms with Crippen molar-refractivity contribution >= 4 is 23.6 Å². The number of guanidine groups is 1. The zero-order chi connectivity index (χ0) is 16.0. The number of aliphatic imine (C=N–C) groups is 1. The molecule has 0 spiro atoms. The van der Waals surface area contributed by atoms with Gasteiger partial charge in [0.1, 0.15) is 0 Å². The van der Waals surface area contributed by atoms with Gasteiger partial charge in [-0.15, -0.1) is 0 Å². The summed E-state index contributed by atoms with van der Waals surface area (Å²) in [5.41, 5.74) is 11.3. The average molecular weight is 290 g/mol. The van der Waals surface area contributed by atoms with E-state index in [0.29, 0.717) is 11.1 Å². The fourth-order valence-corrected chi connectivity index (χ4v) is 1.80. The number of nitrogens with two attached hydrogens (primary N) is 2. The van der Waals surface area contributed by atoms with Gasteiger partial charge >= 0.3 is 0 Å². The van der Waals surface area contributed by atoms with E-state index in [-0.39, 0.29) is 17.2 Å².